The van der Waals surface area contributed by atoms with Gasteiger partial charge in [0.1, 0.15) is 6.54 Å². The van der Waals surface area contributed by atoms with Crippen LogP contribution in [0.4, 0.5) is 0 Å². The predicted molar refractivity (Wildman–Crippen MR) is 108 cm³/mol. The SMILES string of the molecule is CCCOC(=O)Cn1c(=O)oc2cc(S(=O)(=O)NC3CCCCCCC3)ccc21. The molecule has 1 saturated carbocycles. The lowest BCUT2D eigenvalue weighted by Crippen LogP contribution is -2.35. The van der Waals surface area contributed by atoms with Crippen molar-refractivity contribution in [3.05, 3.63) is 28.7 Å². The van der Waals surface area contributed by atoms with E-state index in [0.29, 0.717) is 11.9 Å². The second-order valence-corrected chi connectivity index (χ2v) is 9.18. The number of esters is 1. The van der Waals surface area contributed by atoms with Crippen LogP contribution in [-0.2, 0) is 26.1 Å². The summed E-state index contributed by atoms with van der Waals surface area (Å²) in [5.41, 5.74) is 0.479. The van der Waals surface area contributed by atoms with Crippen LogP contribution in [0.3, 0.4) is 0 Å². The third-order valence-corrected chi connectivity index (χ3v) is 6.65. The Morgan fingerprint density at radius 2 is 1.90 bits per heavy atom. The van der Waals surface area contributed by atoms with E-state index in [-0.39, 0.29) is 29.7 Å². The van der Waals surface area contributed by atoms with Gasteiger partial charge in [0.05, 0.1) is 17.0 Å². The van der Waals surface area contributed by atoms with E-state index >= 15 is 0 Å². The van der Waals surface area contributed by atoms with E-state index in [9.17, 15) is 18.0 Å². The molecule has 0 radical (unpaired) electrons. The summed E-state index contributed by atoms with van der Waals surface area (Å²) >= 11 is 0. The fourth-order valence-corrected chi connectivity index (χ4v) is 4.94. The zero-order valence-electron chi connectivity index (χ0n) is 16.7. The minimum atomic E-state index is -3.73. The van der Waals surface area contributed by atoms with Crippen LogP contribution in [0, 0.1) is 0 Å². The molecule has 0 amide bonds. The Balaban J connectivity index is 1.80. The number of sulfonamides is 1. The first kappa shape index (κ1) is 21.6. The van der Waals surface area contributed by atoms with Gasteiger partial charge in [0.25, 0.3) is 0 Å². The third-order valence-electron chi connectivity index (χ3n) is 5.13. The molecule has 0 saturated heterocycles. The number of nitrogens with zero attached hydrogens (tertiary/aromatic N) is 1. The van der Waals surface area contributed by atoms with E-state index in [1.165, 1.54) is 24.6 Å². The second kappa shape index (κ2) is 9.58. The van der Waals surface area contributed by atoms with Crippen LogP contribution in [0.1, 0.15) is 58.3 Å². The second-order valence-electron chi connectivity index (χ2n) is 7.47. The fourth-order valence-electron chi connectivity index (χ4n) is 3.62. The predicted octanol–water partition coefficient (Wildman–Crippen LogP) is 2.94. The van der Waals surface area contributed by atoms with Crippen LogP contribution in [0.15, 0.2) is 32.3 Å². The number of hydrogen-bond donors (Lipinski definition) is 1. The highest BCUT2D eigenvalue weighted by Gasteiger charge is 2.22. The van der Waals surface area contributed by atoms with Gasteiger partial charge in [0.15, 0.2) is 5.58 Å². The third kappa shape index (κ3) is 5.48. The number of oxazole rings is 1. The summed E-state index contributed by atoms with van der Waals surface area (Å²) < 4.78 is 39.8. The van der Waals surface area contributed by atoms with Crippen molar-refractivity contribution in [2.45, 2.75) is 75.8 Å². The normalized spacial score (nSPS) is 16.4. The molecule has 2 aromatic rings. The molecule has 0 bridgehead atoms. The molecule has 1 fully saturated rings. The number of hydrogen-bond acceptors (Lipinski definition) is 6. The van der Waals surface area contributed by atoms with E-state index in [0.717, 1.165) is 43.1 Å². The molecule has 0 unspecified atom stereocenters. The highest BCUT2D eigenvalue weighted by molar-refractivity contribution is 7.89. The molecular weight excluding hydrogens is 396 g/mol. The minimum Gasteiger partial charge on any atom is -0.464 e. The van der Waals surface area contributed by atoms with Gasteiger partial charge in [0.2, 0.25) is 10.0 Å². The van der Waals surface area contributed by atoms with Crippen LogP contribution < -0.4 is 10.5 Å². The number of fused-ring (bicyclic) bond motifs is 1. The maximum atomic E-state index is 12.8. The first-order valence-corrected chi connectivity index (χ1v) is 11.7. The molecule has 0 atom stereocenters. The van der Waals surface area contributed by atoms with Gasteiger partial charge in [-0.15, -0.1) is 0 Å². The Morgan fingerprint density at radius 3 is 2.59 bits per heavy atom. The number of benzene rings is 1. The Morgan fingerprint density at radius 1 is 1.21 bits per heavy atom. The molecule has 0 aliphatic heterocycles. The van der Waals surface area contributed by atoms with Crippen molar-refractivity contribution in [3.63, 3.8) is 0 Å². The molecule has 1 aromatic heterocycles. The van der Waals surface area contributed by atoms with Gasteiger partial charge in [-0.1, -0.05) is 39.0 Å². The average Bonchev–Trinajstić information content (AvgIpc) is 2.96. The summed E-state index contributed by atoms with van der Waals surface area (Å²) in [6.45, 7) is 1.87. The monoisotopic (exact) mass is 424 g/mol. The van der Waals surface area contributed by atoms with Gasteiger partial charge in [-0.3, -0.25) is 9.36 Å². The lowest BCUT2D eigenvalue weighted by Gasteiger charge is -2.20. The molecule has 0 spiro atoms. The molecule has 1 aliphatic rings. The molecule has 1 N–H and O–H groups in total. The average molecular weight is 425 g/mol. The molecule has 1 aliphatic carbocycles. The van der Waals surface area contributed by atoms with Gasteiger partial charge in [0, 0.05) is 12.1 Å². The van der Waals surface area contributed by atoms with Crippen LogP contribution in [0.25, 0.3) is 11.1 Å². The molecule has 29 heavy (non-hydrogen) atoms. The summed E-state index contributed by atoms with van der Waals surface area (Å²) in [5.74, 6) is -1.27. The molecule has 3 rings (SSSR count). The van der Waals surface area contributed by atoms with Crippen molar-refractivity contribution in [1.82, 2.24) is 9.29 Å². The standard InChI is InChI=1S/C20H28N2O6S/c1-2-12-27-19(23)14-22-17-11-10-16(13-18(17)28-20(22)24)29(25,26)21-15-8-6-4-3-5-7-9-15/h10-11,13,15,21H,2-9,12,14H2,1H3. The van der Waals surface area contributed by atoms with Crippen LogP contribution in [0.5, 0.6) is 0 Å². The largest absolute Gasteiger partial charge is 0.464 e. The molecular formula is C20H28N2O6S. The van der Waals surface area contributed by atoms with Crippen LogP contribution in [0.2, 0.25) is 0 Å². The van der Waals surface area contributed by atoms with Crippen LogP contribution in [-0.4, -0.2) is 31.6 Å². The first-order valence-electron chi connectivity index (χ1n) is 10.2. The summed E-state index contributed by atoms with van der Waals surface area (Å²) in [7, 11) is -3.73. The van der Waals surface area contributed by atoms with Crippen molar-refractivity contribution < 1.29 is 22.4 Å². The van der Waals surface area contributed by atoms with E-state index < -0.39 is 21.7 Å². The Labute approximate surface area is 170 Å². The van der Waals surface area contributed by atoms with Gasteiger partial charge >= 0.3 is 11.7 Å². The Kier molecular flexibility index (Phi) is 7.13. The number of carbonyl (C=O) groups excluding carboxylic acids is 1. The highest BCUT2D eigenvalue weighted by Crippen LogP contribution is 2.22. The lowest BCUT2D eigenvalue weighted by molar-refractivity contribution is -0.144. The summed E-state index contributed by atoms with van der Waals surface area (Å²) in [6.07, 6.45) is 7.82. The summed E-state index contributed by atoms with van der Waals surface area (Å²) in [6, 6.07) is 4.16. The van der Waals surface area contributed by atoms with Crippen molar-refractivity contribution in [1.29, 1.82) is 0 Å². The van der Waals surface area contributed by atoms with Gasteiger partial charge in [-0.2, -0.15) is 0 Å². The van der Waals surface area contributed by atoms with Crippen molar-refractivity contribution in [2.24, 2.45) is 0 Å². The summed E-state index contributed by atoms with van der Waals surface area (Å²) in [4.78, 5) is 24.0. The van der Waals surface area contributed by atoms with Crippen molar-refractivity contribution >= 4 is 27.1 Å². The molecule has 160 valence electrons. The number of ether oxygens (including phenoxy) is 1. The Bertz CT molecular complexity index is 1000. The van der Waals surface area contributed by atoms with Gasteiger partial charge in [-0.05, 0) is 31.4 Å². The lowest BCUT2D eigenvalue weighted by atomic mass is 9.97. The van der Waals surface area contributed by atoms with E-state index in [1.54, 1.807) is 0 Å². The quantitative estimate of drug-likeness (QED) is 0.685. The maximum Gasteiger partial charge on any atom is 0.420 e. The van der Waals surface area contributed by atoms with Gasteiger partial charge < -0.3 is 9.15 Å². The van der Waals surface area contributed by atoms with Crippen molar-refractivity contribution in [2.75, 3.05) is 6.61 Å². The van der Waals surface area contributed by atoms with Gasteiger partial charge in [-0.25, -0.2) is 17.9 Å². The van der Waals surface area contributed by atoms with E-state index in [2.05, 4.69) is 4.72 Å². The summed E-state index contributed by atoms with van der Waals surface area (Å²) in [5, 5.41) is 0. The number of rotatable bonds is 7. The van der Waals surface area contributed by atoms with E-state index in [1.807, 2.05) is 6.92 Å². The molecule has 1 heterocycles. The number of carbonyl (C=O) groups is 1. The number of aromatic nitrogens is 1. The molecule has 8 nitrogen and oxygen atoms in total. The number of nitrogens with one attached hydrogen (secondary N) is 1. The topological polar surface area (TPSA) is 108 Å². The zero-order valence-corrected chi connectivity index (χ0v) is 17.5. The van der Waals surface area contributed by atoms with Crippen molar-refractivity contribution in [3.8, 4) is 0 Å². The highest BCUT2D eigenvalue weighted by atomic mass is 32.2. The minimum absolute atomic E-state index is 0.0431. The smallest absolute Gasteiger partial charge is 0.420 e. The zero-order chi connectivity index (χ0) is 20.9. The molecule has 1 aromatic carbocycles. The van der Waals surface area contributed by atoms with E-state index in [4.69, 9.17) is 9.15 Å². The van der Waals surface area contributed by atoms with Crippen LogP contribution >= 0.6 is 0 Å². The maximum absolute atomic E-state index is 12.8. The fraction of sp³-hybridized carbons (Fsp3) is 0.600. The Hall–Kier alpha value is -2.13. The first-order chi connectivity index (χ1) is 13.9. The molecule has 9 heteroatoms.